The predicted octanol–water partition coefficient (Wildman–Crippen LogP) is 1.65. The molecule has 2 rings (SSSR count). The van der Waals surface area contributed by atoms with Crippen molar-refractivity contribution in [2.24, 2.45) is 0 Å². The molecule has 1 atom stereocenters. The fourth-order valence-corrected chi connectivity index (χ4v) is 2.24. The van der Waals surface area contributed by atoms with Crippen molar-refractivity contribution >= 4 is 11.8 Å². The normalized spacial score (nSPS) is 22.0. The molecule has 1 N–H and O–H groups in total. The van der Waals surface area contributed by atoms with Crippen LogP contribution in [-0.4, -0.2) is 28.8 Å². The lowest BCUT2D eigenvalue weighted by Crippen LogP contribution is -2.65. The lowest BCUT2D eigenvalue weighted by Gasteiger charge is -2.43. The van der Waals surface area contributed by atoms with Gasteiger partial charge in [-0.3, -0.25) is 9.59 Å². The quantitative estimate of drug-likeness (QED) is 0.838. The Hall–Kier alpha value is -2.10. The molecular formula is C15H18N2O2. The molecule has 0 bridgehead atoms. The molecular weight excluding hydrogens is 240 g/mol. The lowest BCUT2D eigenvalue weighted by atomic mass is 9.93. The minimum absolute atomic E-state index is 0.101. The zero-order chi connectivity index (χ0) is 14.0. The van der Waals surface area contributed by atoms with Gasteiger partial charge in [-0.05, 0) is 19.4 Å². The highest BCUT2D eigenvalue weighted by molar-refractivity contribution is 5.99. The molecule has 4 nitrogen and oxygen atoms in total. The molecule has 2 amide bonds. The molecule has 1 aromatic rings. The van der Waals surface area contributed by atoms with Gasteiger partial charge in [0, 0.05) is 6.54 Å². The number of amides is 2. The summed E-state index contributed by atoms with van der Waals surface area (Å²) in [5.41, 5.74) is -0.0540. The van der Waals surface area contributed by atoms with Crippen molar-refractivity contribution in [3.63, 3.8) is 0 Å². The van der Waals surface area contributed by atoms with Crippen LogP contribution in [0.4, 0.5) is 0 Å². The zero-order valence-corrected chi connectivity index (χ0v) is 11.2. The van der Waals surface area contributed by atoms with Gasteiger partial charge in [-0.25, -0.2) is 0 Å². The van der Waals surface area contributed by atoms with E-state index < -0.39 is 11.6 Å². The van der Waals surface area contributed by atoms with Crippen molar-refractivity contribution in [1.29, 1.82) is 0 Å². The molecule has 100 valence electrons. The van der Waals surface area contributed by atoms with Crippen molar-refractivity contribution in [1.82, 2.24) is 10.2 Å². The topological polar surface area (TPSA) is 49.4 Å². The Balaban J connectivity index is 2.37. The predicted molar refractivity (Wildman–Crippen MR) is 73.3 cm³/mol. The van der Waals surface area contributed by atoms with Gasteiger partial charge in [0.2, 0.25) is 5.91 Å². The second kappa shape index (κ2) is 4.88. The molecule has 1 fully saturated rings. The maximum Gasteiger partial charge on any atom is 0.250 e. The minimum atomic E-state index is -0.851. The Bertz CT molecular complexity index is 508. The smallest absolute Gasteiger partial charge is 0.250 e. The molecule has 0 spiro atoms. The average Bonchev–Trinajstić information content (AvgIpc) is 2.40. The molecule has 0 radical (unpaired) electrons. The molecule has 1 aliphatic rings. The van der Waals surface area contributed by atoms with Gasteiger partial charge in [0.1, 0.15) is 11.6 Å². The van der Waals surface area contributed by atoms with E-state index in [4.69, 9.17) is 0 Å². The Labute approximate surface area is 113 Å². The van der Waals surface area contributed by atoms with Crippen LogP contribution in [0.25, 0.3) is 0 Å². The Kier molecular flexibility index (Phi) is 3.42. The van der Waals surface area contributed by atoms with Crippen LogP contribution < -0.4 is 5.32 Å². The van der Waals surface area contributed by atoms with E-state index in [0.717, 1.165) is 5.56 Å². The summed E-state index contributed by atoms with van der Waals surface area (Å²) < 4.78 is 0. The summed E-state index contributed by atoms with van der Waals surface area (Å²) in [5.74, 6) is -0.251. The van der Waals surface area contributed by atoms with Crippen LogP contribution in [0.3, 0.4) is 0 Å². The van der Waals surface area contributed by atoms with Crippen LogP contribution in [0.2, 0.25) is 0 Å². The van der Waals surface area contributed by atoms with Crippen LogP contribution in [0, 0.1) is 0 Å². The third-order valence-electron chi connectivity index (χ3n) is 3.46. The number of carbonyl (C=O) groups excluding carboxylic acids is 2. The zero-order valence-electron chi connectivity index (χ0n) is 11.2. The Morgan fingerprint density at radius 3 is 2.53 bits per heavy atom. The van der Waals surface area contributed by atoms with E-state index in [0.29, 0.717) is 6.54 Å². The number of carbonyl (C=O) groups is 2. The SMILES string of the molecule is C=CCN1C(=O)C(c2ccccc2)NC(=O)C1(C)C. The van der Waals surface area contributed by atoms with Crippen molar-refractivity contribution in [3.05, 3.63) is 48.6 Å². The molecule has 4 heteroatoms. The first-order valence-corrected chi connectivity index (χ1v) is 6.26. The lowest BCUT2D eigenvalue weighted by molar-refractivity contribution is -0.154. The maximum atomic E-state index is 12.5. The number of nitrogens with one attached hydrogen (secondary N) is 1. The number of benzene rings is 1. The summed E-state index contributed by atoms with van der Waals surface area (Å²) in [6, 6.07) is 8.66. The van der Waals surface area contributed by atoms with E-state index in [1.54, 1.807) is 24.8 Å². The van der Waals surface area contributed by atoms with Gasteiger partial charge < -0.3 is 10.2 Å². The molecule has 0 aromatic heterocycles. The third-order valence-corrected chi connectivity index (χ3v) is 3.46. The molecule has 1 unspecified atom stereocenters. The largest absolute Gasteiger partial charge is 0.338 e. The summed E-state index contributed by atoms with van der Waals surface area (Å²) in [4.78, 5) is 26.3. The van der Waals surface area contributed by atoms with Crippen molar-refractivity contribution < 1.29 is 9.59 Å². The average molecular weight is 258 g/mol. The molecule has 1 aliphatic heterocycles. The van der Waals surface area contributed by atoms with E-state index in [1.165, 1.54) is 0 Å². The highest BCUT2D eigenvalue weighted by Gasteiger charge is 2.46. The van der Waals surface area contributed by atoms with E-state index in [1.807, 2.05) is 30.3 Å². The second-order valence-corrected chi connectivity index (χ2v) is 5.11. The summed E-state index contributed by atoms with van der Waals surface area (Å²) in [6.45, 7) is 7.50. The first-order chi connectivity index (χ1) is 8.98. The number of nitrogens with zero attached hydrogens (tertiary/aromatic N) is 1. The van der Waals surface area contributed by atoms with E-state index in [9.17, 15) is 9.59 Å². The van der Waals surface area contributed by atoms with E-state index >= 15 is 0 Å². The second-order valence-electron chi connectivity index (χ2n) is 5.11. The van der Waals surface area contributed by atoms with Crippen LogP contribution in [0.15, 0.2) is 43.0 Å². The monoisotopic (exact) mass is 258 g/mol. The number of hydrogen-bond acceptors (Lipinski definition) is 2. The summed E-state index contributed by atoms with van der Waals surface area (Å²) in [7, 11) is 0. The van der Waals surface area contributed by atoms with Crippen LogP contribution >= 0.6 is 0 Å². The van der Waals surface area contributed by atoms with E-state index in [-0.39, 0.29) is 11.8 Å². The Morgan fingerprint density at radius 1 is 1.32 bits per heavy atom. The Morgan fingerprint density at radius 2 is 1.95 bits per heavy atom. The number of hydrogen-bond donors (Lipinski definition) is 1. The van der Waals surface area contributed by atoms with Crippen LogP contribution in [0.1, 0.15) is 25.5 Å². The fraction of sp³-hybridized carbons (Fsp3) is 0.333. The molecule has 0 aliphatic carbocycles. The van der Waals surface area contributed by atoms with Gasteiger partial charge in [0.15, 0.2) is 0 Å². The molecule has 1 aromatic carbocycles. The first kappa shape index (κ1) is 13.3. The highest BCUT2D eigenvalue weighted by Crippen LogP contribution is 2.27. The van der Waals surface area contributed by atoms with Gasteiger partial charge in [-0.1, -0.05) is 36.4 Å². The van der Waals surface area contributed by atoms with E-state index in [2.05, 4.69) is 11.9 Å². The highest BCUT2D eigenvalue weighted by atomic mass is 16.2. The van der Waals surface area contributed by atoms with Crippen molar-refractivity contribution in [3.8, 4) is 0 Å². The van der Waals surface area contributed by atoms with Gasteiger partial charge in [0.25, 0.3) is 5.91 Å². The fourth-order valence-electron chi connectivity index (χ4n) is 2.24. The third kappa shape index (κ3) is 2.26. The minimum Gasteiger partial charge on any atom is -0.338 e. The first-order valence-electron chi connectivity index (χ1n) is 6.26. The number of piperazine rings is 1. The molecule has 1 saturated heterocycles. The van der Waals surface area contributed by atoms with Gasteiger partial charge >= 0.3 is 0 Å². The van der Waals surface area contributed by atoms with Gasteiger partial charge in [-0.2, -0.15) is 0 Å². The van der Waals surface area contributed by atoms with Crippen molar-refractivity contribution in [2.75, 3.05) is 6.54 Å². The maximum absolute atomic E-state index is 12.5. The van der Waals surface area contributed by atoms with Crippen LogP contribution in [-0.2, 0) is 9.59 Å². The summed E-state index contributed by atoms with van der Waals surface area (Å²) in [5, 5.41) is 2.80. The molecule has 0 saturated carbocycles. The van der Waals surface area contributed by atoms with Gasteiger partial charge in [-0.15, -0.1) is 6.58 Å². The van der Waals surface area contributed by atoms with Crippen LogP contribution in [0.5, 0.6) is 0 Å². The standard InChI is InChI=1S/C15H18N2O2/c1-4-10-17-13(18)12(11-8-6-5-7-9-11)16-14(19)15(17,2)3/h4-9,12H,1,10H2,2-3H3,(H,16,19). The van der Waals surface area contributed by atoms with Gasteiger partial charge in [0.05, 0.1) is 0 Å². The summed E-state index contributed by atoms with van der Waals surface area (Å²) >= 11 is 0. The molecule has 1 heterocycles. The molecule has 19 heavy (non-hydrogen) atoms. The summed E-state index contributed by atoms with van der Waals surface area (Å²) in [6.07, 6.45) is 1.64. The van der Waals surface area contributed by atoms with Crippen molar-refractivity contribution in [2.45, 2.75) is 25.4 Å². The number of rotatable bonds is 3.